The van der Waals surface area contributed by atoms with Gasteiger partial charge in [0.1, 0.15) is 22.5 Å². The van der Waals surface area contributed by atoms with Crippen molar-refractivity contribution in [1.82, 2.24) is 19.8 Å². The van der Waals surface area contributed by atoms with Crippen LogP contribution in [0.5, 0.6) is 0 Å². The summed E-state index contributed by atoms with van der Waals surface area (Å²) in [4.78, 5) is 29.4. The quantitative estimate of drug-likeness (QED) is 0.748. The lowest BCUT2D eigenvalue weighted by Gasteiger charge is -2.44. The molecular weight excluding hydrogens is 396 g/mol. The van der Waals surface area contributed by atoms with E-state index in [-0.39, 0.29) is 11.9 Å². The van der Waals surface area contributed by atoms with Gasteiger partial charge in [0.05, 0.1) is 17.5 Å². The number of hydrogen-bond acceptors (Lipinski definition) is 7. The van der Waals surface area contributed by atoms with Crippen molar-refractivity contribution >= 4 is 33.3 Å². The molecule has 0 spiro atoms. The molecule has 7 nitrogen and oxygen atoms in total. The number of piperazine rings is 1. The molecule has 3 heterocycles. The van der Waals surface area contributed by atoms with Crippen LogP contribution in [0.4, 0.5) is 5.82 Å². The molecule has 1 saturated carbocycles. The molecule has 4 rings (SSSR count). The molecule has 1 atom stereocenters. The molecule has 2 aromatic heterocycles. The van der Waals surface area contributed by atoms with Crippen molar-refractivity contribution in [3.8, 4) is 6.07 Å². The Morgan fingerprint density at radius 1 is 1.30 bits per heavy atom. The molecule has 0 bridgehead atoms. The van der Waals surface area contributed by atoms with Crippen molar-refractivity contribution in [3.63, 3.8) is 0 Å². The van der Waals surface area contributed by atoms with Gasteiger partial charge in [0.15, 0.2) is 0 Å². The van der Waals surface area contributed by atoms with Crippen molar-refractivity contribution in [2.75, 3.05) is 38.1 Å². The second-order valence-corrected chi connectivity index (χ2v) is 9.65. The monoisotopic (exact) mass is 426 g/mol. The molecule has 1 amide bonds. The predicted molar refractivity (Wildman–Crippen MR) is 119 cm³/mol. The van der Waals surface area contributed by atoms with Gasteiger partial charge in [-0.25, -0.2) is 9.97 Å². The van der Waals surface area contributed by atoms with Crippen LogP contribution >= 0.6 is 11.3 Å². The fourth-order valence-corrected chi connectivity index (χ4v) is 5.49. The third-order valence-electron chi connectivity index (χ3n) is 7.04. The van der Waals surface area contributed by atoms with Crippen LogP contribution < -0.4 is 4.90 Å². The lowest BCUT2D eigenvalue weighted by Crippen LogP contribution is -2.58. The van der Waals surface area contributed by atoms with Gasteiger partial charge in [0.2, 0.25) is 5.91 Å². The van der Waals surface area contributed by atoms with Gasteiger partial charge in [0, 0.05) is 33.2 Å². The minimum absolute atomic E-state index is 0.0572. The molecule has 0 aromatic carbocycles. The second-order valence-electron chi connectivity index (χ2n) is 8.76. The summed E-state index contributed by atoms with van der Waals surface area (Å²) in [6.45, 7) is 7.45. The van der Waals surface area contributed by atoms with Gasteiger partial charge in [-0.05, 0) is 50.0 Å². The van der Waals surface area contributed by atoms with Crippen molar-refractivity contribution in [3.05, 3.63) is 17.8 Å². The lowest BCUT2D eigenvalue weighted by molar-refractivity contribution is -0.140. The maximum absolute atomic E-state index is 13.3. The van der Waals surface area contributed by atoms with E-state index >= 15 is 0 Å². The fourth-order valence-electron chi connectivity index (χ4n) is 4.76. The first-order chi connectivity index (χ1) is 14.4. The van der Waals surface area contributed by atoms with Crippen LogP contribution in [-0.4, -0.2) is 70.5 Å². The first-order valence-corrected chi connectivity index (χ1v) is 11.7. The van der Waals surface area contributed by atoms with E-state index in [9.17, 15) is 10.1 Å². The van der Waals surface area contributed by atoms with Gasteiger partial charge in [-0.1, -0.05) is 6.92 Å². The van der Waals surface area contributed by atoms with Crippen LogP contribution in [0.3, 0.4) is 0 Å². The molecule has 2 aliphatic rings. The van der Waals surface area contributed by atoms with E-state index in [0.717, 1.165) is 67.9 Å². The highest BCUT2D eigenvalue weighted by Crippen LogP contribution is 2.36. The topological polar surface area (TPSA) is 76.4 Å². The SMILES string of the molecule is CC1CCC(C#N)(N(C)C(=O)C(C)N2CCN(c3ncnc4sccc34)CC2)CC1. The summed E-state index contributed by atoms with van der Waals surface area (Å²) >= 11 is 1.63. The summed E-state index contributed by atoms with van der Waals surface area (Å²) in [5.41, 5.74) is -0.648. The number of likely N-dealkylation sites (N-methyl/N-ethyl adjacent to an activating group) is 1. The van der Waals surface area contributed by atoms with Gasteiger partial charge in [0.25, 0.3) is 0 Å². The number of aromatic nitrogens is 2. The van der Waals surface area contributed by atoms with E-state index in [1.807, 2.05) is 19.4 Å². The van der Waals surface area contributed by atoms with Crippen LogP contribution in [0.25, 0.3) is 10.2 Å². The number of carbonyl (C=O) groups excluding carboxylic acids is 1. The van der Waals surface area contributed by atoms with E-state index in [2.05, 4.69) is 38.8 Å². The molecule has 1 unspecified atom stereocenters. The molecule has 0 N–H and O–H groups in total. The minimum atomic E-state index is -0.648. The van der Waals surface area contributed by atoms with Crippen LogP contribution in [0.15, 0.2) is 17.8 Å². The normalized spacial score (nSPS) is 26.3. The van der Waals surface area contributed by atoms with E-state index in [4.69, 9.17) is 0 Å². The number of nitriles is 1. The van der Waals surface area contributed by atoms with Crippen molar-refractivity contribution in [2.24, 2.45) is 5.92 Å². The predicted octanol–water partition coefficient (Wildman–Crippen LogP) is 3.13. The van der Waals surface area contributed by atoms with Gasteiger partial charge in [-0.2, -0.15) is 5.26 Å². The summed E-state index contributed by atoms with van der Waals surface area (Å²) < 4.78 is 0. The molecule has 30 heavy (non-hydrogen) atoms. The Hall–Kier alpha value is -2.24. The zero-order valence-electron chi connectivity index (χ0n) is 18.0. The molecule has 2 fully saturated rings. The van der Waals surface area contributed by atoms with E-state index in [0.29, 0.717) is 5.92 Å². The molecule has 1 aliphatic carbocycles. The number of carbonyl (C=O) groups is 1. The molecule has 1 saturated heterocycles. The summed E-state index contributed by atoms with van der Waals surface area (Å²) in [5, 5.41) is 13.0. The van der Waals surface area contributed by atoms with Gasteiger partial charge >= 0.3 is 0 Å². The van der Waals surface area contributed by atoms with Crippen LogP contribution in [-0.2, 0) is 4.79 Å². The number of hydrogen-bond donors (Lipinski definition) is 0. The Bertz CT molecular complexity index is 936. The number of amides is 1. The maximum Gasteiger partial charge on any atom is 0.240 e. The standard InChI is InChI=1S/C22H30N6OS/c1-16-4-7-22(14-23,8-5-16)26(3)21(29)17(2)27-9-11-28(12-10-27)19-18-6-13-30-20(18)25-15-24-19/h6,13,15-17H,4-5,7-12H2,1-3H3. The van der Waals surface area contributed by atoms with Gasteiger partial charge < -0.3 is 9.80 Å². The number of rotatable bonds is 4. The van der Waals surface area contributed by atoms with Gasteiger partial charge in [-0.15, -0.1) is 11.3 Å². The molecule has 8 heteroatoms. The number of fused-ring (bicyclic) bond motifs is 1. The van der Waals surface area contributed by atoms with Crippen molar-refractivity contribution < 1.29 is 4.79 Å². The first-order valence-electron chi connectivity index (χ1n) is 10.8. The number of anilines is 1. The average Bonchev–Trinajstić information content (AvgIpc) is 3.27. The summed E-state index contributed by atoms with van der Waals surface area (Å²) in [6, 6.07) is 4.33. The summed E-state index contributed by atoms with van der Waals surface area (Å²) in [5.74, 6) is 1.68. The fraction of sp³-hybridized carbons (Fsp3) is 0.636. The maximum atomic E-state index is 13.3. The average molecular weight is 427 g/mol. The van der Waals surface area contributed by atoms with E-state index in [1.165, 1.54) is 0 Å². The zero-order chi connectivity index (χ0) is 21.3. The Morgan fingerprint density at radius 2 is 2.00 bits per heavy atom. The third kappa shape index (κ3) is 3.77. The van der Waals surface area contributed by atoms with Crippen LogP contribution in [0.2, 0.25) is 0 Å². The van der Waals surface area contributed by atoms with Crippen LogP contribution in [0, 0.1) is 17.2 Å². The van der Waals surface area contributed by atoms with E-state index in [1.54, 1.807) is 22.6 Å². The minimum Gasteiger partial charge on any atom is -0.353 e. The largest absolute Gasteiger partial charge is 0.353 e. The molecule has 160 valence electrons. The Morgan fingerprint density at radius 3 is 2.67 bits per heavy atom. The lowest BCUT2D eigenvalue weighted by atomic mass is 9.77. The summed E-state index contributed by atoms with van der Waals surface area (Å²) in [6.07, 6.45) is 5.20. The van der Waals surface area contributed by atoms with Crippen LogP contribution in [0.1, 0.15) is 39.5 Å². The highest BCUT2D eigenvalue weighted by atomic mass is 32.1. The summed E-state index contributed by atoms with van der Waals surface area (Å²) in [7, 11) is 1.82. The highest BCUT2D eigenvalue weighted by Gasteiger charge is 2.42. The van der Waals surface area contributed by atoms with Crippen molar-refractivity contribution in [1.29, 1.82) is 5.26 Å². The second kappa shape index (κ2) is 8.48. The highest BCUT2D eigenvalue weighted by molar-refractivity contribution is 7.16. The number of nitrogens with zero attached hydrogens (tertiary/aromatic N) is 6. The van der Waals surface area contributed by atoms with Gasteiger partial charge in [-0.3, -0.25) is 9.69 Å². The Balaban J connectivity index is 1.40. The number of thiophene rings is 1. The molecule has 1 aliphatic heterocycles. The Kier molecular flexibility index (Phi) is 5.94. The van der Waals surface area contributed by atoms with Crippen molar-refractivity contribution in [2.45, 2.75) is 51.1 Å². The molecule has 0 radical (unpaired) electrons. The molecule has 2 aromatic rings. The Labute approximate surface area is 182 Å². The smallest absolute Gasteiger partial charge is 0.240 e. The molecular formula is C22H30N6OS. The van der Waals surface area contributed by atoms with E-state index < -0.39 is 5.54 Å². The third-order valence-corrected chi connectivity index (χ3v) is 7.86. The first kappa shape index (κ1) is 21.0. The zero-order valence-corrected chi connectivity index (χ0v) is 18.9.